The molecule has 1 aliphatic heterocycles. The van der Waals surface area contributed by atoms with Gasteiger partial charge in [-0.15, -0.1) is 0 Å². The maximum Gasteiger partial charge on any atom is 0.271 e. The molecule has 1 atom stereocenters. The number of rotatable bonds is 4. The van der Waals surface area contributed by atoms with Crippen LogP contribution >= 0.6 is 0 Å². The van der Waals surface area contributed by atoms with Crippen molar-refractivity contribution in [1.29, 1.82) is 0 Å². The molecular formula is C20H28N4O. The highest BCUT2D eigenvalue weighted by molar-refractivity contribution is 5.92. The maximum atomic E-state index is 12.7. The first-order valence-electron chi connectivity index (χ1n) is 9.18. The molecule has 1 aliphatic rings. The molecule has 0 bridgehead atoms. The Balaban J connectivity index is 1.74. The molecule has 0 radical (unpaired) electrons. The Morgan fingerprint density at radius 1 is 1.20 bits per heavy atom. The van der Waals surface area contributed by atoms with Crippen molar-refractivity contribution in [2.24, 2.45) is 0 Å². The van der Waals surface area contributed by atoms with Crippen LogP contribution in [0.4, 0.5) is 0 Å². The summed E-state index contributed by atoms with van der Waals surface area (Å²) in [5.74, 6) is 1.15. The van der Waals surface area contributed by atoms with E-state index < -0.39 is 0 Å². The molecule has 2 aromatic heterocycles. The second-order valence-electron chi connectivity index (χ2n) is 7.72. The van der Waals surface area contributed by atoms with Crippen LogP contribution in [0.1, 0.15) is 85.0 Å². The zero-order valence-electron chi connectivity index (χ0n) is 15.8. The van der Waals surface area contributed by atoms with Crippen LogP contribution in [0, 0.1) is 6.92 Å². The standard InChI is InChI=1S/C20H28N4O/c1-12(2)16-8-14(5)21-18(9-16)15-6-7-24(11-15)20(25)19-10-17(13(3)4)22-23-19/h8-10,12-13,15H,6-7,11H2,1-5H3,(H,22,23). The van der Waals surface area contributed by atoms with Crippen molar-refractivity contribution in [1.82, 2.24) is 20.1 Å². The Morgan fingerprint density at radius 2 is 1.96 bits per heavy atom. The molecule has 0 spiro atoms. The number of carbonyl (C=O) groups excluding carboxylic acids is 1. The molecule has 1 fully saturated rings. The number of aromatic nitrogens is 3. The highest BCUT2D eigenvalue weighted by atomic mass is 16.2. The minimum absolute atomic E-state index is 0.0404. The van der Waals surface area contributed by atoms with E-state index in [1.54, 1.807) is 0 Å². The molecule has 0 saturated carbocycles. The molecule has 3 heterocycles. The van der Waals surface area contributed by atoms with Gasteiger partial charge in [0.05, 0.1) is 5.69 Å². The number of H-pyrrole nitrogens is 1. The first kappa shape index (κ1) is 17.6. The van der Waals surface area contributed by atoms with Crippen LogP contribution in [0.15, 0.2) is 18.2 Å². The van der Waals surface area contributed by atoms with E-state index in [4.69, 9.17) is 4.98 Å². The minimum Gasteiger partial charge on any atom is -0.337 e. The van der Waals surface area contributed by atoms with E-state index >= 15 is 0 Å². The average Bonchev–Trinajstić information content (AvgIpc) is 3.23. The van der Waals surface area contributed by atoms with E-state index in [2.05, 4.69) is 50.0 Å². The molecule has 2 aromatic rings. The van der Waals surface area contributed by atoms with E-state index in [0.717, 1.165) is 36.6 Å². The van der Waals surface area contributed by atoms with Crippen LogP contribution in [0.25, 0.3) is 0 Å². The first-order valence-corrected chi connectivity index (χ1v) is 9.18. The fourth-order valence-corrected chi connectivity index (χ4v) is 3.36. The largest absolute Gasteiger partial charge is 0.337 e. The molecule has 1 unspecified atom stereocenters. The summed E-state index contributed by atoms with van der Waals surface area (Å²) in [6, 6.07) is 6.25. The summed E-state index contributed by atoms with van der Waals surface area (Å²) in [5.41, 5.74) is 5.01. The van der Waals surface area contributed by atoms with Crippen molar-refractivity contribution in [3.63, 3.8) is 0 Å². The summed E-state index contributed by atoms with van der Waals surface area (Å²) in [7, 11) is 0. The molecule has 0 aromatic carbocycles. The molecule has 5 nitrogen and oxygen atoms in total. The fourth-order valence-electron chi connectivity index (χ4n) is 3.36. The van der Waals surface area contributed by atoms with Crippen LogP contribution in [-0.4, -0.2) is 39.1 Å². The van der Waals surface area contributed by atoms with Gasteiger partial charge in [-0.3, -0.25) is 14.9 Å². The molecule has 25 heavy (non-hydrogen) atoms. The fraction of sp³-hybridized carbons (Fsp3) is 0.550. The van der Waals surface area contributed by atoms with Crippen LogP contribution < -0.4 is 0 Å². The van der Waals surface area contributed by atoms with Gasteiger partial charge in [0.2, 0.25) is 0 Å². The van der Waals surface area contributed by atoms with Gasteiger partial charge in [0.25, 0.3) is 5.91 Å². The normalized spacial score (nSPS) is 17.7. The van der Waals surface area contributed by atoms with Gasteiger partial charge in [0, 0.05) is 30.4 Å². The second-order valence-corrected chi connectivity index (χ2v) is 7.72. The lowest BCUT2D eigenvalue weighted by Gasteiger charge is -2.16. The van der Waals surface area contributed by atoms with Gasteiger partial charge in [0.1, 0.15) is 5.69 Å². The topological polar surface area (TPSA) is 61.9 Å². The van der Waals surface area contributed by atoms with Gasteiger partial charge in [-0.1, -0.05) is 27.7 Å². The molecule has 0 aliphatic carbocycles. The third-order valence-corrected chi connectivity index (χ3v) is 4.98. The van der Waals surface area contributed by atoms with E-state index in [1.807, 2.05) is 17.9 Å². The highest BCUT2D eigenvalue weighted by Crippen LogP contribution is 2.29. The number of amides is 1. The zero-order valence-corrected chi connectivity index (χ0v) is 15.8. The van der Waals surface area contributed by atoms with Crippen molar-refractivity contribution in [3.8, 4) is 0 Å². The lowest BCUT2D eigenvalue weighted by Crippen LogP contribution is -2.28. The number of carbonyl (C=O) groups is 1. The number of aromatic amines is 1. The summed E-state index contributed by atoms with van der Waals surface area (Å²) >= 11 is 0. The Kier molecular flexibility index (Phi) is 4.93. The van der Waals surface area contributed by atoms with Crippen molar-refractivity contribution in [3.05, 3.63) is 46.5 Å². The monoisotopic (exact) mass is 340 g/mol. The summed E-state index contributed by atoms with van der Waals surface area (Å²) in [4.78, 5) is 19.4. The number of likely N-dealkylation sites (tertiary alicyclic amines) is 1. The molecule has 5 heteroatoms. The van der Waals surface area contributed by atoms with Crippen LogP contribution in [0.5, 0.6) is 0 Å². The third kappa shape index (κ3) is 3.75. The van der Waals surface area contributed by atoms with Gasteiger partial charge in [-0.2, -0.15) is 5.10 Å². The van der Waals surface area contributed by atoms with Gasteiger partial charge >= 0.3 is 0 Å². The number of hydrogen-bond acceptors (Lipinski definition) is 3. The molecule has 1 N–H and O–H groups in total. The summed E-state index contributed by atoms with van der Waals surface area (Å²) < 4.78 is 0. The van der Waals surface area contributed by atoms with E-state index in [9.17, 15) is 4.79 Å². The molecule has 1 saturated heterocycles. The molecule has 1 amide bonds. The van der Waals surface area contributed by atoms with Crippen molar-refractivity contribution in [2.45, 2.75) is 58.8 Å². The lowest BCUT2D eigenvalue weighted by molar-refractivity contribution is 0.0785. The van der Waals surface area contributed by atoms with Gasteiger partial charge in [-0.05, 0) is 48.9 Å². The maximum absolute atomic E-state index is 12.7. The van der Waals surface area contributed by atoms with Crippen LogP contribution in [0.3, 0.4) is 0 Å². The summed E-state index contributed by atoms with van der Waals surface area (Å²) in [6.45, 7) is 12.1. The van der Waals surface area contributed by atoms with E-state index in [1.165, 1.54) is 5.56 Å². The summed E-state index contributed by atoms with van der Waals surface area (Å²) in [6.07, 6.45) is 0.963. The number of pyridine rings is 1. The Hall–Kier alpha value is -2.17. The molecular weight excluding hydrogens is 312 g/mol. The number of nitrogens with one attached hydrogen (secondary N) is 1. The highest BCUT2D eigenvalue weighted by Gasteiger charge is 2.30. The van der Waals surface area contributed by atoms with Gasteiger partial charge < -0.3 is 4.90 Å². The van der Waals surface area contributed by atoms with Gasteiger partial charge in [0.15, 0.2) is 0 Å². The Bertz CT molecular complexity index is 763. The Morgan fingerprint density at radius 3 is 2.60 bits per heavy atom. The van der Waals surface area contributed by atoms with Crippen LogP contribution in [-0.2, 0) is 0 Å². The number of hydrogen-bond donors (Lipinski definition) is 1. The minimum atomic E-state index is 0.0404. The Labute approximate surface area is 149 Å². The SMILES string of the molecule is Cc1cc(C(C)C)cc(C2CCN(C(=O)c3cc(C(C)C)n[nH]3)C2)n1. The average molecular weight is 340 g/mol. The van der Waals surface area contributed by atoms with Crippen molar-refractivity contribution < 1.29 is 4.79 Å². The molecule has 134 valence electrons. The second kappa shape index (κ2) is 6.98. The predicted molar refractivity (Wildman–Crippen MR) is 99.0 cm³/mol. The first-order chi connectivity index (χ1) is 11.8. The predicted octanol–water partition coefficient (Wildman–Crippen LogP) is 3.99. The van der Waals surface area contributed by atoms with E-state index in [0.29, 0.717) is 23.4 Å². The zero-order chi connectivity index (χ0) is 18.1. The van der Waals surface area contributed by atoms with Gasteiger partial charge in [-0.25, -0.2) is 0 Å². The van der Waals surface area contributed by atoms with E-state index in [-0.39, 0.29) is 5.91 Å². The molecule has 3 rings (SSSR count). The number of aryl methyl sites for hydroxylation is 1. The number of nitrogens with zero attached hydrogens (tertiary/aromatic N) is 3. The lowest BCUT2D eigenvalue weighted by atomic mass is 9.97. The third-order valence-electron chi connectivity index (χ3n) is 4.98. The van der Waals surface area contributed by atoms with Crippen LogP contribution in [0.2, 0.25) is 0 Å². The smallest absolute Gasteiger partial charge is 0.271 e. The van der Waals surface area contributed by atoms with Crippen molar-refractivity contribution >= 4 is 5.91 Å². The van der Waals surface area contributed by atoms with Crippen molar-refractivity contribution in [2.75, 3.05) is 13.1 Å². The summed E-state index contributed by atoms with van der Waals surface area (Å²) in [5, 5.41) is 7.14. The quantitative estimate of drug-likeness (QED) is 0.915.